The molecule has 3 rings (SSSR count). The van der Waals surface area contributed by atoms with E-state index in [1.54, 1.807) is 17.0 Å². The van der Waals surface area contributed by atoms with Crippen molar-refractivity contribution in [2.45, 2.75) is 19.5 Å². The van der Waals surface area contributed by atoms with Crippen LogP contribution in [-0.2, 0) is 4.79 Å². The number of carbonyl (C=O) groups is 3. The molecule has 1 saturated heterocycles. The van der Waals surface area contributed by atoms with Gasteiger partial charge in [0.25, 0.3) is 5.91 Å². The van der Waals surface area contributed by atoms with Crippen LogP contribution in [0.2, 0.25) is 0 Å². The molecule has 1 aliphatic rings. The lowest BCUT2D eigenvalue weighted by molar-refractivity contribution is -0.131. The molecule has 30 heavy (non-hydrogen) atoms. The second kappa shape index (κ2) is 9.96. The highest BCUT2D eigenvalue weighted by atomic mass is 19.3. The molecular formula is C22H22F2N2O4. The van der Waals surface area contributed by atoms with E-state index in [4.69, 9.17) is 0 Å². The monoisotopic (exact) mass is 416 g/mol. The SMILES string of the molecule is O=C(NCC(=O)N1CCC(C(=O)c2ccccc2)CC1)c1ccc(OC(F)F)cc1. The predicted molar refractivity (Wildman–Crippen MR) is 105 cm³/mol. The van der Waals surface area contributed by atoms with Crippen molar-refractivity contribution < 1.29 is 27.9 Å². The Labute approximate surface area is 172 Å². The number of ketones is 1. The van der Waals surface area contributed by atoms with E-state index < -0.39 is 12.5 Å². The first-order chi connectivity index (χ1) is 14.4. The van der Waals surface area contributed by atoms with Crippen LogP contribution < -0.4 is 10.1 Å². The average Bonchev–Trinajstić information content (AvgIpc) is 2.77. The highest BCUT2D eigenvalue weighted by molar-refractivity contribution is 5.98. The minimum atomic E-state index is -2.94. The number of nitrogens with zero attached hydrogens (tertiary/aromatic N) is 1. The van der Waals surface area contributed by atoms with Crippen LogP contribution in [0.1, 0.15) is 33.6 Å². The van der Waals surface area contributed by atoms with E-state index in [0.717, 1.165) is 0 Å². The second-order valence-corrected chi connectivity index (χ2v) is 6.97. The predicted octanol–water partition coefficient (Wildman–Crippen LogP) is 3.14. The van der Waals surface area contributed by atoms with Crippen molar-refractivity contribution in [1.82, 2.24) is 10.2 Å². The van der Waals surface area contributed by atoms with Crippen molar-refractivity contribution in [3.8, 4) is 5.75 Å². The molecule has 2 amide bonds. The highest BCUT2D eigenvalue weighted by Crippen LogP contribution is 2.22. The Kier molecular flexibility index (Phi) is 7.11. The third-order valence-corrected chi connectivity index (χ3v) is 5.02. The van der Waals surface area contributed by atoms with Gasteiger partial charge in [0.1, 0.15) is 5.75 Å². The van der Waals surface area contributed by atoms with E-state index >= 15 is 0 Å². The van der Waals surface area contributed by atoms with Gasteiger partial charge in [-0.25, -0.2) is 0 Å². The molecule has 1 heterocycles. The number of carbonyl (C=O) groups excluding carboxylic acids is 3. The molecule has 2 aromatic carbocycles. The molecule has 158 valence electrons. The fourth-order valence-corrected chi connectivity index (χ4v) is 3.39. The molecule has 1 fully saturated rings. The number of nitrogens with one attached hydrogen (secondary N) is 1. The summed E-state index contributed by atoms with van der Waals surface area (Å²) in [6.45, 7) is -2.20. The molecule has 1 aliphatic heterocycles. The molecule has 0 spiro atoms. The van der Waals surface area contributed by atoms with E-state index in [1.807, 2.05) is 18.2 Å². The minimum absolute atomic E-state index is 0.0504. The normalized spacial score (nSPS) is 14.4. The first-order valence-corrected chi connectivity index (χ1v) is 9.64. The molecule has 0 saturated carbocycles. The summed E-state index contributed by atoms with van der Waals surface area (Å²) < 4.78 is 28.5. The van der Waals surface area contributed by atoms with Crippen LogP contribution in [0.25, 0.3) is 0 Å². The van der Waals surface area contributed by atoms with Crippen LogP contribution in [0.5, 0.6) is 5.75 Å². The van der Waals surface area contributed by atoms with Crippen molar-refractivity contribution in [2.24, 2.45) is 5.92 Å². The molecule has 0 unspecified atom stereocenters. The summed E-state index contributed by atoms with van der Waals surface area (Å²) in [5.74, 6) is -0.784. The fraction of sp³-hybridized carbons (Fsp3) is 0.318. The van der Waals surface area contributed by atoms with Gasteiger partial charge in [-0.15, -0.1) is 0 Å². The van der Waals surface area contributed by atoms with Crippen molar-refractivity contribution in [1.29, 1.82) is 0 Å². The average molecular weight is 416 g/mol. The number of hydrogen-bond donors (Lipinski definition) is 1. The molecular weight excluding hydrogens is 394 g/mol. The molecule has 2 aromatic rings. The van der Waals surface area contributed by atoms with Gasteiger partial charge in [-0.2, -0.15) is 8.78 Å². The van der Waals surface area contributed by atoms with Crippen molar-refractivity contribution in [2.75, 3.05) is 19.6 Å². The van der Waals surface area contributed by atoms with Gasteiger partial charge < -0.3 is 15.0 Å². The molecule has 1 N–H and O–H groups in total. The smallest absolute Gasteiger partial charge is 0.387 e. The minimum Gasteiger partial charge on any atom is -0.435 e. The van der Waals surface area contributed by atoms with Crippen molar-refractivity contribution in [3.63, 3.8) is 0 Å². The number of halogens is 2. The first-order valence-electron chi connectivity index (χ1n) is 9.64. The Morgan fingerprint density at radius 3 is 2.20 bits per heavy atom. The van der Waals surface area contributed by atoms with Crippen molar-refractivity contribution in [3.05, 3.63) is 65.7 Å². The van der Waals surface area contributed by atoms with Crippen LogP contribution in [0.15, 0.2) is 54.6 Å². The number of benzene rings is 2. The van der Waals surface area contributed by atoms with Crippen LogP contribution in [-0.4, -0.2) is 48.7 Å². The summed E-state index contributed by atoms with van der Waals surface area (Å²) >= 11 is 0. The topological polar surface area (TPSA) is 75.7 Å². The fourth-order valence-electron chi connectivity index (χ4n) is 3.39. The van der Waals surface area contributed by atoms with Crippen LogP contribution in [0, 0.1) is 5.92 Å². The maximum Gasteiger partial charge on any atom is 0.387 e. The number of ether oxygens (including phenoxy) is 1. The first kappa shape index (κ1) is 21.4. The summed E-state index contributed by atoms with van der Waals surface area (Å²) in [5.41, 5.74) is 0.913. The van der Waals surface area contributed by atoms with Gasteiger partial charge in [0, 0.05) is 30.1 Å². The van der Waals surface area contributed by atoms with Crippen LogP contribution in [0.4, 0.5) is 8.78 Å². The molecule has 0 bridgehead atoms. The molecule has 0 atom stereocenters. The van der Waals surface area contributed by atoms with Gasteiger partial charge in [-0.3, -0.25) is 14.4 Å². The Bertz CT molecular complexity index is 880. The second-order valence-electron chi connectivity index (χ2n) is 6.97. The maximum absolute atomic E-state index is 12.5. The highest BCUT2D eigenvalue weighted by Gasteiger charge is 2.27. The molecule has 6 nitrogen and oxygen atoms in total. The third-order valence-electron chi connectivity index (χ3n) is 5.02. The molecule has 0 aromatic heterocycles. The van der Waals surface area contributed by atoms with Crippen molar-refractivity contribution >= 4 is 17.6 Å². The van der Waals surface area contributed by atoms with Crippen LogP contribution in [0.3, 0.4) is 0 Å². The molecule has 0 radical (unpaired) electrons. The summed E-state index contributed by atoms with van der Waals surface area (Å²) in [5, 5.41) is 2.53. The number of rotatable bonds is 7. The number of likely N-dealkylation sites (tertiary alicyclic amines) is 1. The van der Waals surface area contributed by atoms with E-state index in [1.165, 1.54) is 24.3 Å². The van der Waals surface area contributed by atoms with Gasteiger partial charge in [0.15, 0.2) is 5.78 Å². The van der Waals surface area contributed by atoms with Crippen LogP contribution >= 0.6 is 0 Å². The maximum atomic E-state index is 12.5. The van der Waals surface area contributed by atoms with Gasteiger partial charge in [0.2, 0.25) is 5.91 Å². The lowest BCUT2D eigenvalue weighted by Gasteiger charge is -2.31. The van der Waals surface area contributed by atoms with Gasteiger partial charge in [-0.1, -0.05) is 30.3 Å². The largest absolute Gasteiger partial charge is 0.435 e. The Balaban J connectivity index is 1.44. The standard InChI is InChI=1S/C22H22F2N2O4/c23-22(24)30-18-8-6-17(7-9-18)21(29)25-14-19(27)26-12-10-16(11-13-26)20(28)15-4-2-1-3-5-15/h1-9,16,22H,10-14H2,(H,25,29). The van der Waals surface area contributed by atoms with Gasteiger partial charge in [-0.05, 0) is 37.1 Å². The van der Waals surface area contributed by atoms with E-state index in [0.29, 0.717) is 31.5 Å². The lowest BCUT2D eigenvalue weighted by Crippen LogP contribution is -2.45. The Morgan fingerprint density at radius 2 is 1.60 bits per heavy atom. The molecule has 8 heteroatoms. The van der Waals surface area contributed by atoms with Gasteiger partial charge >= 0.3 is 6.61 Å². The van der Waals surface area contributed by atoms with E-state index in [-0.39, 0.29) is 35.5 Å². The zero-order valence-electron chi connectivity index (χ0n) is 16.2. The summed E-state index contributed by atoms with van der Waals surface area (Å²) in [4.78, 5) is 38.7. The Hall–Kier alpha value is -3.29. The quantitative estimate of drug-likeness (QED) is 0.704. The number of alkyl halides is 2. The zero-order valence-corrected chi connectivity index (χ0v) is 16.2. The zero-order chi connectivity index (χ0) is 21.5. The van der Waals surface area contributed by atoms with E-state index in [2.05, 4.69) is 10.1 Å². The third kappa shape index (κ3) is 5.62. The summed E-state index contributed by atoms with van der Waals surface area (Å²) in [6, 6.07) is 14.3. The Morgan fingerprint density at radius 1 is 0.967 bits per heavy atom. The number of hydrogen-bond acceptors (Lipinski definition) is 4. The summed E-state index contributed by atoms with van der Waals surface area (Å²) in [6.07, 6.45) is 1.16. The number of piperidine rings is 1. The van der Waals surface area contributed by atoms with Gasteiger partial charge in [0.05, 0.1) is 6.54 Å². The summed E-state index contributed by atoms with van der Waals surface area (Å²) in [7, 11) is 0. The lowest BCUT2D eigenvalue weighted by atomic mass is 9.89. The molecule has 0 aliphatic carbocycles. The number of amides is 2. The number of Topliss-reactive ketones (excluding diaryl/α,β-unsaturated/α-hetero) is 1. The van der Waals surface area contributed by atoms with E-state index in [9.17, 15) is 23.2 Å².